The van der Waals surface area contributed by atoms with Crippen LogP contribution >= 0.6 is 11.8 Å². The molecule has 0 N–H and O–H groups in total. The highest BCUT2D eigenvalue weighted by molar-refractivity contribution is 8.00. The van der Waals surface area contributed by atoms with Crippen molar-refractivity contribution in [1.82, 2.24) is 4.98 Å². The monoisotopic (exact) mass is 324 g/mol. The lowest BCUT2D eigenvalue weighted by atomic mass is 10.1. The zero-order valence-electron chi connectivity index (χ0n) is 13.1. The fourth-order valence-electron chi connectivity index (χ4n) is 3.51. The molecule has 0 bridgehead atoms. The topological polar surface area (TPSA) is 33.2 Å². The molecular formula is C19H20N2OS. The molecule has 2 aliphatic rings. The third-order valence-electron chi connectivity index (χ3n) is 4.69. The van der Waals surface area contributed by atoms with Gasteiger partial charge < -0.3 is 4.90 Å². The van der Waals surface area contributed by atoms with Gasteiger partial charge in [0.1, 0.15) is 0 Å². The lowest BCUT2D eigenvalue weighted by Crippen LogP contribution is -2.37. The van der Waals surface area contributed by atoms with Gasteiger partial charge in [-0.3, -0.25) is 9.78 Å². The average molecular weight is 324 g/mol. The predicted octanol–water partition coefficient (Wildman–Crippen LogP) is 3.64. The molecular weight excluding hydrogens is 304 g/mol. The molecule has 1 aliphatic carbocycles. The molecule has 0 fully saturated rings. The Balaban J connectivity index is 1.45. The van der Waals surface area contributed by atoms with E-state index in [9.17, 15) is 4.79 Å². The fraction of sp³-hybridized carbons (Fsp3) is 0.368. The summed E-state index contributed by atoms with van der Waals surface area (Å²) < 4.78 is 0. The summed E-state index contributed by atoms with van der Waals surface area (Å²) in [5.74, 6) is 0.678. The molecule has 23 heavy (non-hydrogen) atoms. The molecule has 2 aromatic rings. The maximum Gasteiger partial charge on any atom is 0.237 e. The Hall–Kier alpha value is -1.81. The summed E-state index contributed by atoms with van der Waals surface area (Å²) in [5.41, 5.74) is 5.00. The number of aromatic nitrogens is 1. The Morgan fingerprint density at radius 3 is 3.00 bits per heavy atom. The number of thioether (sulfide) groups is 1. The van der Waals surface area contributed by atoms with E-state index in [1.165, 1.54) is 35.3 Å². The van der Waals surface area contributed by atoms with Crippen LogP contribution in [0.15, 0.2) is 41.4 Å². The maximum atomic E-state index is 12.6. The van der Waals surface area contributed by atoms with Gasteiger partial charge in [-0.05, 0) is 67.5 Å². The molecule has 0 saturated heterocycles. The van der Waals surface area contributed by atoms with Crippen molar-refractivity contribution < 1.29 is 4.79 Å². The summed E-state index contributed by atoms with van der Waals surface area (Å²) in [7, 11) is 0. The maximum absolute atomic E-state index is 12.6. The SMILES string of the molecule is O=C(CSc1ccc2c(c1)CCC2)N1CCCc2ncccc21. The van der Waals surface area contributed by atoms with Crippen LogP contribution in [0.4, 0.5) is 5.69 Å². The fourth-order valence-corrected chi connectivity index (χ4v) is 4.35. The van der Waals surface area contributed by atoms with Gasteiger partial charge in [-0.15, -0.1) is 11.8 Å². The van der Waals surface area contributed by atoms with E-state index in [4.69, 9.17) is 0 Å². The van der Waals surface area contributed by atoms with E-state index in [0.29, 0.717) is 5.75 Å². The highest BCUT2D eigenvalue weighted by atomic mass is 32.2. The molecule has 0 radical (unpaired) electrons. The lowest BCUT2D eigenvalue weighted by molar-refractivity contribution is -0.116. The lowest BCUT2D eigenvalue weighted by Gasteiger charge is -2.28. The van der Waals surface area contributed by atoms with Crippen molar-refractivity contribution in [2.45, 2.75) is 37.0 Å². The summed E-state index contributed by atoms with van der Waals surface area (Å²) in [5, 5.41) is 0. The number of anilines is 1. The largest absolute Gasteiger partial charge is 0.310 e. The number of amides is 1. The highest BCUT2D eigenvalue weighted by Crippen LogP contribution is 2.29. The number of carbonyl (C=O) groups is 1. The van der Waals surface area contributed by atoms with Gasteiger partial charge >= 0.3 is 0 Å². The van der Waals surface area contributed by atoms with Gasteiger partial charge in [0.05, 0.1) is 17.1 Å². The minimum Gasteiger partial charge on any atom is -0.310 e. The number of nitrogens with zero attached hydrogens (tertiary/aromatic N) is 2. The number of aryl methyl sites for hydroxylation is 3. The van der Waals surface area contributed by atoms with Crippen LogP contribution in [0, 0.1) is 0 Å². The first-order valence-electron chi connectivity index (χ1n) is 8.30. The van der Waals surface area contributed by atoms with Gasteiger partial charge in [0.2, 0.25) is 5.91 Å². The number of benzene rings is 1. The summed E-state index contributed by atoms with van der Waals surface area (Å²) in [6, 6.07) is 10.6. The molecule has 1 aromatic carbocycles. The van der Waals surface area contributed by atoms with E-state index in [2.05, 4.69) is 23.2 Å². The number of carbonyl (C=O) groups excluding carboxylic acids is 1. The van der Waals surface area contributed by atoms with E-state index in [-0.39, 0.29) is 5.91 Å². The van der Waals surface area contributed by atoms with Gasteiger partial charge in [-0.1, -0.05) is 6.07 Å². The minimum absolute atomic E-state index is 0.185. The molecule has 0 atom stereocenters. The second-order valence-electron chi connectivity index (χ2n) is 6.19. The second kappa shape index (κ2) is 6.36. The van der Waals surface area contributed by atoms with Gasteiger partial charge in [0.15, 0.2) is 0 Å². The van der Waals surface area contributed by atoms with Crippen LogP contribution in [0.3, 0.4) is 0 Å². The number of rotatable bonds is 3. The Bertz CT molecular complexity index is 744. The van der Waals surface area contributed by atoms with Crippen molar-refractivity contribution in [3.05, 3.63) is 53.3 Å². The van der Waals surface area contributed by atoms with Crippen molar-refractivity contribution in [2.75, 3.05) is 17.2 Å². The zero-order valence-corrected chi connectivity index (χ0v) is 13.9. The normalized spacial score (nSPS) is 16.1. The number of fused-ring (bicyclic) bond motifs is 2. The smallest absolute Gasteiger partial charge is 0.237 e. The number of pyridine rings is 1. The molecule has 0 saturated carbocycles. The average Bonchev–Trinajstić information content (AvgIpc) is 3.07. The molecule has 1 amide bonds. The quantitative estimate of drug-likeness (QED) is 0.808. The van der Waals surface area contributed by atoms with E-state index in [0.717, 1.165) is 30.8 Å². The van der Waals surface area contributed by atoms with Crippen molar-refractivity contribution in [2.24, 2.45) is 0 Å². The first-order valence-corrected chi connectivity index (χ1v) is 9.29. The van der Waals surface area contributed by atoms with Crippen LogP contribution in [0.25, 0.3) is 0 Å². The highest BCUT2D eigenvalue weighted by Gasteiger charge is 2.23. The van der Waals surface area contributed by atoms with Gasteiger partial charge in [-0.2, -0.15) is 0 Å². The number of hydrogen-bond donors (Lipinski definition) is 0. The van der Waals surface area contributed by atoms with Crippen molar-refractivity contribution in [3.63, 3.8) is 0 Å². The Labute approximate surface area is 141 Å². The van der Waals surface area contributed by atoms with Gasteiger partial charge in [-0.25, -0.2) is 0 Å². The summed E-state index contributed by atoms with van der Waals surface area (Å²) in [6.07, 6.45) is 7.43. The Morgan fingerprint density at radius 2 is 2.04 bits per heavy atom. The summed E-state index contributed by atoms with van der Waals surface area (Å²) in [4.78, 5) is 20.2. The molecule has 0 spiro atoms. The van der Waals surface area contributed by atoms with Gasteiger partial charge in [0, 0.05) is 17.6 Å². The molecule has 118 valence electrons. The molecule has 4 rings (SSSR count). The van der Waals surface area contributed by atoms with E-state index in [1.54, 1.807) is 11.8 Å². The van der Waals surface area contributed by atoms with Crippen LogP contribution in [-0.4, -0.2) is 23.2 Å². The third kappa shape index (κ3) is 3.00. The molecule has 0 unspecified atom stereocenters. The van der Waals surface area contributed by atoms with E-state index >= 15 is 0 Å². The summed E-state index contributed by atoms with van der Waals surface area (Å²) >= 11 is 1.65. The second-order valence-corrected chi connectivity index (χ2v) is 7.24. The van der Waals surface area contributed by atoms with E-state index < -0.39 is 0 Å². The standard InChI is InChI=1S/C19H20N2OS/c22-19(21-11-3-6-17-18(21)7-2-10-20-17)13-23-16-9-8-14-4-1-5-15(14)12-16/h2,7-10,12H,1,3-6,11,13H2. The minimum atomic E-state index is 0.185. The van der Waals surface area contributed by atoms with Crippen molar-refractivity contribution >= 4 is 23.4 Å². The van der Waals surface area contributed by atoms with E-state index in [1.807, 2.05) is 23.2 Å². The van der Waals surface area contributed by atoms with Crippen LogP contribution in [-0.2, 0) is 24.1 Å². The molecule has 1 aromatic heterocycles. The first kappa shape index (κ1) is 14.8. The Kier molecular flexibility index (Phi) is 4.08. The molecule has 1 aliphatic heterocycles. The molecule has 3 nitrogen and oxygen atoms in total. The first-order chi connectivity index (χ1) is 11.3. The van der Waals surface area contributed by atoms with Crippen molar-refractivity contribution in [3.8, 4) is 0 Å². The van der Waals surface area contributed by atoms with Crippen molar-refractivity contribution in [1.29, 1.82) is 0 Å². The Morgan fingerprint density at radius 1 is 1.13 bits per heavy atom. The van der Waals surface area contributed by atoms with Crippen LogP contribution < -0.4 is 4.90 Å². The molecule has 2 heterocycles. The predicted molar refractivity (Wildman–Crippen MR) is 94.1 cm³/mol. The molecule has 4 heteroatoms. The third-order valence-corrected chi connectivity index (χ3v) is 5.66. The number of hydrogen-bond acceptors (Lipinski definition) is 3. The van der Waals surface area contributed by atoms with Crippen LogP contribution in [0.1, 0.15) is 29.7 Å². The zero-order chi connectivity index (χ0) is 15.6. The summed E-state index contributed by atoms with van der Waals surface area (Å²) in [6.45, 7) is 0.808. The van der Waals surface area contributed by atoms with Gasteiger partial charge in [0.25, 0.3) is 0 Å². The van der Waals surface area contributed by atoms with Crippen LogP contribution in [0.2, 0.25) is 0 Å². The van der Waals surface area contributed by atoms with Crippen LogP contribution in [0.5, 0.6) is 0 Å².